The van der Waals surface area contributed by atoms with E-state index < -0.39 is 17.0 Å². The van der Waals surface area contributed by atoms with Crippen LogP contribution in [0.3, 0.4) is 0 Å². The fraction of sp³-hybridized carbons (Fsp3) is 0.714. The van der Waals surface area contributed by atoms with Gasteiger partial charge in [-0.2, -0.15) is 0 Å². The van der Waals surface area contributed by atoms with Gasteiger partial charge >= 0.3 is 6.16 Å². The highest BCUT2D eigenvalue weighted by Crippen LogP contribution is 2.28. The Morgan fingerprint density at radius 3 is 2.92 bits per heavy atom. The lowest BCUT2D eigenvalue weighted by Crippen LogP contribution is -2.24. The second kappa shape index (κ2) is 4.72. The van der Waals surface area contributed by atoms with Crippen LogP contribution in [0.5, 0.6) is 0 Å². The van der Waals surface area contributed by atoms with Gasteiger partial charge in [-0.1, -0.05) is 0 Å². The topological polar surface area (TPSA) is 52.6 Å². The molecule has 1 fully saturated rings. The van der Waals surface area contributed by atoms with Crippen LogP contribution in [0.1, 0.15) is 6.92 Å². The summed E-state index contributed by atoms with van der Waals surface area (Å²) in [5.41, 5.74) is -0.790. The average Bonchev–Trinajstić information content (AvgIpc) is 2.37. The van der Waals surface area contributed by atoms with Crippen LogP contribution in [-0.4, -0.2) is 35.1 Å². The smallest absolute Gasteiger partial charge is 0.435 e. The minimum Gasteiger partial charge on any atom is -0.435 e. The molecule has 4 nitrogen and oxygen atoms in total. The van der Waals surface area contributed by atoms with Gasteiger partial charge in [0.1, 0.15) is 5.38 Å². The van der Waals surface area contributed by atoms with Crippen molar-refractivity contribution >= 4 is 35.3 Å². The van der Waals surface area contributed by atoms with Crippen molar-refractivity contribution in [1.29, 1.82) is 0 Å². The van der Waals surface area contributed by atoms with Crippen molar-refractivity contribution in [3.63, 3.8) is 0 Å². The Balaban J connectivity index is 2.38. The Labute approximate surface area is 84.9 Å². The molecule has 6 heteroatoms. The molecule has 0 bridgehead atoms. The molecule has 1 aliphatic rings. The number of rotatable bonds is 2. The van der Waals surface area contributed by atoms with Gasteiger partial charge in [-0.15, -0.1) is 23.4 Å². The van der Waals surface area contributed by atoms with E-state index in [1.54, 1.807) is 6.92 Å². The third-order valence-electron chi connectivity index (χ3n) is 1.40. The minimum atomic E-state index is -0.820. The quantitative estimate of drug-likeness (QED) is 0.524. The van der Waals surface area contributed by atoms with Crippen molar-refractivity contribution in [3.05, 3.63) is 0 Å². The molecular weight excluding hydrogens is 216 g/mol. The van der Waals surface area contributed by atoms with E-state index in [1.165, 1.54) is 11.8 Å². The van der Waals surface area contributed by atoms with Gasteiger partial charge < -0.3 is 9.47 Å². The van der Waals surface area contributed by atoms with Gasteiger partial charge in [0.05, 0.1) is 6.61 Å². The van der Waals surface area contributed by atoms with Crippen molar-refractivity contribution in [2.24, 2.45) is 0 Å². The molecule has 13 heavy (non-hydrogen) atoms. The first kappa shape index (κ1) is 10.7. The van der Waals surface area contributed by atoms with E-state index in [1.807, 2.05) is 0 Å². The zero-order chi connectivity index (χ0) is 9.84. The highest BCUT2D eigenvalue weighted by Gasteiger charge is 2.36. The highest BCUT2D eigenvalue weighted by atomic mass is 35.5. The Hall–Kier alpha value is -0.420. The standard InChI is InChI=1S/C7H9ClO4S/c1-2-11-7(10)12-6-5(9)4(8)3-13-6/h4,6H,2-3H2,1H3. The number of ketones is 1. The first-order chi connectivity index (χ1) is 6.15. The molecule has 2 unspecified atom stereocenters. The Morgan fingerprint density at radius 2 is 2.46 bits per heavy atom. The van der Waals surface area contributed by atoms with Crippen LogP contribution >= 0.6 is 23.4 Å². The zero-order valence-electron chi connectivity index (χ0n) is 6.99. The zero-order valence-corrected chi connectivity index (χ0v) is 8.56. The Bertz CT molecular complexity index is 221. The van der Waals surface area contributed by atoms with Crippen molar-refractivity contribution in [3.8, 4) is 0 Å². The second-order valence-electron chi connectivity index (χ2n) is 2.34. The van der Waals surface area contributed by atoms with Crippen molar-refractivity contribution in [2.75, 3.05) is 12.4 Å². The van der Waals surface area contributed by atoms with E-state index >= 15 is 0 Å². The Morgan fingerprint density at radius 1 is 1.77 bits per heavy atom. The number of hydrogen-bond acceptors (Lipinski definition) is 5. The third-order valence-corrected chi connectivity index (χ3v) is 3.11. The summed E-state index contributed by atoms with van der Waals surface area (Å²) in [4.78, 5) is 22.0. The predicted octanol–water partition coefficient (Wildman–Crippen LogP) is 1.41. The van der Waals surface area contributed by atoms with E-state index in [-0.39, 0.29) is 12.4 Å². The monoisotopic (exact) mass is 224 g/mol. The van der Waals surface area contributed by atoms with Crippen LogP contribution in [0.15, 0.2) is 0 Å². The lowest BCUT2D eigenvalue weighted by atomic mass is 10.3. The Kier molecular flexibility index (Phi) is 3.87. The molecule has 1 rings (SSSR count). The molecule has 0 aromatic heterocycles. The molecule has 1 saturated heterocycles. The van der Waals surface area contributed by atoms with E-state index in [4.69, 9.17) is 16.3 Å². The molecule has 1 aliphatic heterocycles. The summed E-state index contributed by atoms with van der Waals surface area (Å²) >= 11 is 6.82. The largest absolute Gasteiger partial charge is 0.509 e. The maximum absolute atomic E-state index is 11.2. The molecule has 2 atom stereocenters. The van der Waals surface area contributed by atoms with Gasteiger partial charge in [0, 0.05) is 5.75 Å². The molecule has 0 aromatic carbocycles. The summed E-state index contributed by atoms with van der Waals surface area (Å²) in [7, 11) is 0. The lowest BCUT2D eigenvalue weighted by molar-refractivity contribution is -0.122. The summed E-state index contributed by atoms with van der Waals surface area (Å²) < 4.78 is 9.22. The first-order valence-corrected chi connectivity index (χ1v) is 5.26. The molecule has 0 spiro atoms. The fourth-order valence-electron chi connectivity index (χ4n) is 0.815. The van der Waals surface area contributed by atoms with E-state index in [2.05, 4.69) is 4.74 Å². The number of carbonyl (C=O) groups excluding carboxylic acids is 2. The van der Waals surface area contributed by atoms with Crippen LogP contribution in [0.2, 0.25) is 0 Å². The summed E-state index contributed by atoms with van der Waals surface area (Å²) in [6.07, 6.45) is -0.820. The molecule has 0 N–H and O–H groups in total. The molecule has 0 saturated carbocycles. The number of thioether (sulfide) groups is 1. The normalized spacial score (nSPS) is 27.4. The minimum absolute atomic E-state index is 0.231. The lowest BCUT2D eigenvalue weighted by Gasteiger charge is -2.08. The van der Waals surface area contributed by atoms with Gasteiger partial charge in [-0.05, 0) is 6.92 Å². The summed E-state index contributed by atoms with van der Waals surface area (Å²) in [6.45, 7) is 1.89. The predicted molar refractivity (Wildman–Crippen MR) is 49.0 cm³/mol. The van der Waals surface area contributed by atoms with Crippen LogP contribution in [0.25, 0.3) is 0 Å². The van der Waals surface area contributed by atoms with Crippen LogP contribution in [-0.2, 0) is 14.3 Å². The van der Waals surface area contributed by atoms with E-state index in [9.17, 15) is 9.59 Å². The summed E-state index contributed by atoms with van der Waals surface area (Å²) in [5, 5.41) is -0.551. The van der Waals surface area contributed by atoms with Gasteiger partial charge in [0.15, 0.2) is 0 Å². The molecular formula is C7H9ClO4S. The van der Waals surface area contributed by atoms with Gasteiger partial charge in [-0.3, -0.25) is 4.79 Å². The maximum Gasteiger partial charge on any atom is 0.509 e. The first-order valence-electron chi connectivity index (χ1n) is 3.78. The third kappa shape index (κ3) is 2.77. The molecule has 1 heterocycles. The summed E-state index contributed by atoms with van der Waals surface area (Å²) in [5.74, 6) is 0.212. The summed E-state index contributed by atoms with van der Waals surface area (Å²) in [6, 6.07) is 0. The number of hydrogen-bond donors (Lipinski definition) is 0. The van der Waals surface area contributed by atoms with Gasteiger partial charge in [-0.25, -0.2) is 4.79 Å². The van der Waals surface area contributed by atoms with Crippen LogP contribution in [0, 0.1) is 0 Å². The molecule has 74 valence electrons. The van der Waals surface area contributed by atoms with Gasteiger partial charge in [0.2, 0.25) is 11.2 Å². The average molecular weight is 225 g/mol. The number of ether oxygens (including phenoxy) is 2. The second-order valence-corrected chi connectivity index (χ2v) is 3.96. The SMILES string of the molecule is CCOC(=O)OC1SCC(Cl)C1=O. The number of alkyl halides is 1. The van der Waals surface area contributed by atoms with Crippen molar-refractivity contribution in [1.82, 2.24) is 0 Å². The van der Waals surface area contributed by atoms with Gasteiger partial charge in [0.25, 0.3) is 0 Å². The van der Waals surface area contributed by atoms with Crippen LogP contribution in [0.4, 0.5) is 4.79 Å². The molecule has 0 aromatic rings. The molecule has 0 radical (unpaired) electrons. The highest BCUT2D eigenvalue weighted by molar-refractivity contribution is 8.01. The van der Waals surface area contributed by atoms with Crippen LogP contribution < -0.4 is 0 Å². The van der Waals surface area contributed by atoms with E-state index in [0.29, 0.717) is 5.75 Å². The van der Waals surface area contributed by atoms with Crippen molar-refractivity contribution < 1.29 is 19.1 Å². The number of Topliss-reactive ketones (excluding diaryl/α,β-unsaturated/α-hetero) is 1. The number of halogens is 1. The van der Waals surface area contributed by atoms with Crippen molar-refractivity contribution in [2.45, 2.75) is 17.7 Å². The fourth-order valence-corrected chi connectivity index (χ4v) is 2.21. The number of carbonyl (C=O) groups is 2. The van der Waals surface area contributed by atoms with E-state index in [0.717, 1.165) is 0 Å². The molecule has 0 aliphatic carbocycles. The molecule has 0 amide bonds. The maximum atomic E-state index is 11.2.